The number of likely N-dealkylation sites (tertiary alicyclic amines) is 1. The van der Waals surface area contributed by atoms with Crippen molar-refractivity contribution >= 4 is 33.4 Å². The van der Waals surface area contributed by atoms with Gasteiger partial charge in [0.2, 0.25) is 0 Å². The normalized spacial score (nSPS) is 16.7. The molecular weight excluding hydrogens is 328 g/mol. The van der Waals surface area contributed by atoms with E-state index in [2.05, 4.69) is 15.9 Å². The van der Waals surface area contributed by atoms with Crippen LogP contribution in [0, 0.1) is 5.92 Å². The first-order valence-corrected chi connectivity index (χ1v) is 7.73. The van der Waals surface area contributed by atoms with E-state index in [0.29, 0.717) is 16.5 Å². The predicted molar refractivity (Wildman–Crippen MR) is 81.5 cm³/mol. The molecule has 1 amide bonds. The quantitative estimate of drug-likeness (QED) is 0.913. The Morgan fingerprint density at radius 1 is 1.42 bits per heavy atom. The fourth-order valence-electron chi connectivity index (χ4n) is 2.49. The van der Waals surface area contributed by atoms with Crippen LogP contribution in [0.2, 0.25) is 5.02 Å². The van der Waals surface area contributed by atoms with Crippen LogP contribution in [-0.2, 0) is 0 Å². The summed E-state index contributed by atoms with van der Waals surface area (Å²) in [6.45, 7) is 2.34. The molecule has 0 bridgehead atoms. The van der Waals surface area contributed by atoms with Gasteiger partial charge in [-0.3, -0.25) is 4.79 Å². The largest absolute Gasteiger partial charge is 0.339 e. The van der Waals surface area contributed by atoms with E-state index < -0.39 is 0 Å². The Morgan fingerprint density at radius 3 is 2.68 bits per heavy atom. The maximum Gasteiger partial charge on any atom is 0.255 e. The topological polar surface area (TPSA) is 46.3 Å². The van der Waals surface area contributed by atoms with Crippen molar-refractivity contribution in [2.75, 3.05) is 19.6 Å². The van der Waals surface area contributed by atoms with Crippen molar-refractivity contribution in [1.29, 1.82) is 0 Å². The predicted octanol–water partition coefficient (Wildman–Crippen LogP) is 3.30. The number of halogens is 2. The number of amides is 1. The Balaban J connectivity index is 2.01. The molecule has 2 N–H and O–H groups in total. The number of hydrogen-bond donors (Lipinski definition) is 1. The third-order valence-electron chi connectivity index (χ3n) is 3.64. The van der Waals surface area contributed by atoms with E-state index in [1.807, 2.05) is 11.0 Å². The lowest BCUT2D eigenvalue weighted by Gasteiger charge is -2.32. The first kappa shape index (κ1) is 14.8. The van der Waals surface area contributed by atoms with Crippen LogP contribution >= 0.6 is 27.5 Å². The number of benzene rings is 1. The summed E-state index contributed by atoms with van der Waals surface area (Å²) in [4.78, 5) is 14.3. The van der Waals surface area contributed by atoms with Gasteiger partial charge in [0.1, 0.15) is 0 Å². The van der Waals surface area contributed by atoms with Crippen LogP contribution in [0.5, 0.6) is 0 Å². The minimum Gasteiger partial charge on any atom is -0.339 e. The molecule has 1 saturated heterocycles. The van der Waals surface area contributed by atoms with Crippen molar-refractivity contribution < 1.29 is 4.79 Å². The van der Waals surface area contributed by atoms with E-state index in [1.165, 1.54) is 0 Å². The first-order chi connectivity index (χ1) is 9.11. The van der Waals surface area contributed by atoms with Gasteiger partial charge in [-0.1, -0.05) is 27.5 Å². The van der Waals surface area contributed by atoms with Crippen molar-refractivity contribution in [2.24, 2.45) is 11.7 Å². The molecule has 2 rings (SSSR count). The van der Waals surface area contributed by atoms with Gasteiger partial charge in [-0.2, -0.15) is 0 Å². The maximum atomic E-state index is 12.4. The highest BCUT2D eigenvalue weighted by Gasteiger charge is 2.24. The Kier molecular flexibility index (Phi) is 5.25. The molecule has 1 aromatic rings. The van der Waals surface area contributed by atoms with Crippen LogP contribution in [-0.4, -0.2) is 30.4 Å². The van der Waals surface area contributed by atoms with Crippen LogP contribution in [0.3, 0.4) is 0 Å². The second-order valence-electron chi connectivity index (χ2n) is 4.94. The van der Waals surface area contributed by atoms with Gasteiger partial charge in [0.05, 0.1) is 10.6 Å². The average molecular weight is 346 g/mol. The molecule has 3 nitrogen and oxygen atoms in total. The number of carbonyl (C=O) groups is 1. The lowest BCUT2D eigenvalue weighted by molar-refractivity contribution is 0.0688. The van der Waals surface area contributed by atoms with E-state index in [4.69, 9.17) is 17.3 Å². The van der Waals surface area contributed by atoms with Crippen molar-refractivity contribution in [3.05, 3.63) is 33.3 Å². The monoisotopic (exact) mass is 344 g/mol. The summed E-state index contributed by atoms with van der Waals surface area (Å²) in [5.74, 6) is 0.693. The van der Waals surface area contributed by atoms with Crippen molar-refractivity contribution in [2.45, 2.75) is 19.3 Å². The molecule has 0 saturated carbocycles. The number of carbonyl (C=O) groups excluding carboxylic acids is 1. The van der Waals surface area contributed by atoms with E-state index >= 15 is 0 Å². The zero-order valence-corrected chi connectivity index (χ0v) is 13.1. The molecule has 0 unspecified atom stereocenters. The second-order valence-corrected chi connectivity index (χ2v) is 6.26. The molecule has 0 atom stereocenters. The number of piperidine rings is 1. The molecule has 19 heavy (non-hydrogen) atoms. The number of hydrogen-bond acceptors (Lipinski definition) is 2. The molecule has 0 spiro atoms. The summed E-state index contributed by atoms with van der Waals surface area (Å²) in [6.07, 6.45) is 3.13. The van der Waals surface area contributed by atoms with Crippen molar-refractivity contribution in [3.63, 3.8) is 0 Å². The standard InChI is InChI=1S/C14H18BrClN2O/c15-11-1-2-12(13(16)9-11)14(19)18-7-4-10(3-6-17)5-8-18/h1-2,9-10H,3-8,17H2. The molecule has 0 aliphatic carbocycles. The van der Waals surface area contributed by atoms with Gasteiger partial charge in [0.15, 0.2) is 0 Å². The highest BCUT2D eigenvalue weighted by molar-refractivity contribution is 9.10. The van der Waals surface area contributed by atoms with Crippen LogP contribution in [0.15, 0.2) is 22.7 Å². The fourth-order valence-corrected chi connectivity index (χ4v) is 3.25. The molecule has 1 aromatic carbocycles. The number of nitrogens with zero attached hydrogens (tertiary/aromatic N) is 1. The van der Waals surface area contributed by atoms with Gasteiger partial charge < -0.3 is 10.6 Å². The van der Waals surface area contributed by atoms with Gasteiger partial charge in [0.25, 0.3) is 5.91 Å². The molecule has 104 valence electrons. The van der Waals surface area contributed by atoms with Gasteiger partial charge in [0, 0.05) is 17.6 Å². The summed E-state index contributed by atoms with van der Waals surface area (Å²) >= 11 is 9.47. The van der Waals surface area contributed by atoms with E-state index in [-0.39, 0.29) is 5.91 Å². The highest BCUT2D eigenvalue weighted by atomic mass is 79.9. The minimum absolute atomic E-state index is 0.0312. The van der Waals surface area contributed by atoms with Crippen molar-refractivity contribution in [1.82, 2.24) is 4.90 Å². The Bertz CT molecular complexity index is 459. The third kappa shape index (κ3) is 3.71. The van der Waals surface area contributed by atoms with Crippen LogP contribution in [0.25, 0.3) is 0 Å². The van der Waals surface area contributed by atoms with Crippen LogP contribution < -0.4 is 5.73 Å². The summed E-state index contributed by atoms with van der Waals surface area (Å²) in [7, 11) is 0. The smallest absolute Gasteiger partial charge is 0.255 e. The molecule has 1 aliphatic rings. The highest BCUT2D eigenvalue weighted by Crippen LogP contribution is 2.25. The average Bonchev–Trinajstić information content (AvgIpc) is 2.39. The Morgan fingerprint density at radius 2 is 2.11 bits per heavy atom. The zero-order valence-electron chi connectivity index (χ0n) is 10.7. The molecule has 1 fully saturated rings. The molecule has 0 aromatic heterocycles. The van der Waals surface area contributed by atoms with Gasteiger partial charge in [-0.05, 0) is 49.9 Å². The summed E-state index contributed by atoms with van der Waals surface area (Å²) in [5, 5.41) is 0.503. The van der Waals surface area contributed by atoms with Crippen LogP contribution in [0.1, 0.15) is 29.6 Å². The molecule has 1 heterocycles. The van der Waals surface area contributed by atoms with Gasteiger partial charge in [-0.15, -0.1) is 0 Å². The van der Waals surface area contributed by atoms with E-state index in [1.54, 1.807) is 12.1 Å². The van der Waals surface area contributed by atoms with E-state index in [0.717, 1.165) is 43.4 Å². The number of rotatable bonds is 3. The Labute approximate surface area is 127 Å². The Hall–Kier alpha value is -0.580. The third-order valence-corrected chi connectivity index (χ3v) is 4.44. The van der Waals surface area contributed by atoms with E-state index in [9.17, 15) is 4.79 Å². The SMILES string of the molecule is NCCC1CCN(C(=O)c2ccc(Br)cc2Cl)CC1. The minimum atomic E-state index is 0.0312. The van der Waals surface area contributed by atoms with Crippen LogP contribution in [0.4, 0.5) is 0 Å². The van der Waals surface area contributed by atoms with Crippen molar-refractivity contribution in [3.8, 4) is 0 Å². The van der Waals surface area contributed by atoms with Gasteiger partial charge >= 0.3 is 0 Å². The molecule has 5 heteroatoms. The molecule has 0 radical (unpaired) electrons. The van der Waals surface area contributed by atoms with Gasteiger partial charge in [-0.25, -0.2) is 0 Å². The number of nitrogens with two attached hydrogens (primary N) is 1. The fraction of sp³-hybridized carbons (Fsp3) is 0.500. The molecular formula is C14H18BrClN2O. The first-order valence-electron chi connectivity index (χ1n) is 6.56. The summed E-state index contributed by atoms with van der Waals surface area (Å²) in [6, 6.07) is 5.39. The second kappa shape index (κ2) is 6.73. The summed E-state index contributed by atoms with van der Waals surface area (Å²) < 4.78 is 0.885. The lowest BCUT2D eigenvalue weighted by atomic mass is 9.93. The lowest BCUT2D eigenvalue weighted by Crippen LogP contribution is -2.39. The molecule has 1 aliphatic heterocycles. The summed E-state index contributed by atoms with van der Waals surface area (Å²) in [5.41, 5.74) is 6.16. The zero-order chi connectivity index (χ0) is 13.8. The maximum absolute atomic E-state index is 12.4.